The number of imide groups is 2. The molecule has 7 aromatic rings. The van der Waals surface area contributed by atoms with Crippen LogP contribution in [0.3, 0.4) is 0 Å². The minimum Gasteiger partial charge on any atom is -0.508 e. The van der Waals surface area contributed by atoms with Crippen molar-refractivity contribution in [2.75, 3.05) is 65.8 Å². The number of halogens is 2. The van der Waals surface area contributed by atoms with Crippen LogP contribution in [0, 0.1) is 72.8 Å². The third-order valence-corrected chi connectivity index (χ3v) is 20.2. The van der Waals surface area contributed by atoms with Gasteiger partial charge in [0, 0.05) is 31.5 Å². The molecule has 0 aliphatic carbocycles. The zero-order valence-corrected chi connectivity index (χ0v) is 76.5. The van der Waals surface area contributed by atoms with Gasteiger partial charge in [-0.1, -0.05) is 224 Å². The number of carbonyl (C=O) groups excluding carboxylic acids is 4. The SMILES string of the molecule is C#CCN1C(=O)c2ccccc2C1=O.CCCC(CCC)COc1cccc(C#CCN)c1.CCCC(CCC)COc1cccc(C#CCN2C(=O)c3ccccc3C2=O)c1.CCCC(CCC)COc1cccc(CCCN)c1.CCCC(CCC)COc1cccc(I)c1.CCCC(CO)CCC.CCO.Oc1cccc(I)c1. The number of aryl methyl sites for hydroxylation is 1. The molecule has 4 amide bonds. The highest BCUT2D eigenvalue weighted by Gasteiger charge is 2.35. The van der Waals surface area contributed by atoms with Crippen molar-refractivity contribution in [2.24, 2.45) is 41.1 Å². The van der Waals surface area contributed by atoms with Gasteiger partial charge in [-0.3, -0.25) is 29.0 Å². The van der Waals surface area contributed by atoms with E-state index in [-0.39, 0.29) is 43.3 Å². The number of rotatable bonds is 38. The standard InChI is InChI=1S/C25H27NO3.C17H29NO.C17H25NO.C14H21IO.C11H7NO2.C8H18O.C6H5IO.C2H6O/c1-3-9-20(10-4-2)18-29-21-13-7-11-19(17-21)12-8-16-26-24(27)22-14-5-6-15-23(22)25(26)28;2*1-3-7-16(8-4-2)14-19-17-11-5-9-15(13-17)10-6-12-18;1-3-6-12(7-4-2)11-16-14-9-5-8-13(15)10-14;1-2-7-12-10(13)8-5-3-4-6-9(8)11(12)14;1-3-5-8(7-9)6-4-2;7-5-2-1-3-6(8)4-5;1-2-3/h5-7,11,13-15,17,20H,3-4,9-10,16,18H2,1-2H3;5,9,11,13,16H,3-4,6-8,10,12,14,18H2,1-2H3;5,9,11,13,16H,3-4,7-8,12,14,18H2,1-2H3;5,8-10,12H,3-4,6-7,11H2,1-2H3;1,3-6H,7H2;8-9H,3-7H2,1-2H3;1-4,8H;3H,2H2,1H3. The van der Waals surface area contributed by atoms with Crippen molar-refractivity contribution in [3.8, 4) is 64.8 Å². The Morgan fingerprint density at radius 3 is 1.03 bits per heavy atom. The smallest absolute Gasteiger partial charge is 0.262 e. The van der Waals surface area contributed by atoms with Crippen molar-refractivity contribution in [1.29, 1.82) is 0 Å². The average molecular weight is 1830 g/mol. The first kappa shape index (κ1) is 105. The third kappa shape index (κ3) is 44.4. The number of carbonyl (C=O) groups is 4. The number of aliphatic hydroxyl groups excluding tert-OH is 2. The number of aromatic hydroxyl groups is 1. The summed E-state index contributed by atoms with van der Waals surface area (Å²) in [6.45, 7) is 29.0. The molecule has 2 aliphatic rings. The van der Waals surface area contributed by atoms with Crippen LogP contribution in [-0.2, 0) is 6.42 Å². The summed E-state index contributed by atoms with van der Waals surface area (Å²) in [5.74, 6) is 20.3. The molecule has 2 aliphatic heterocycles. The van der Waals surface area contributed by atoms with Crippen LogP contribution in [-0.4, -0.2) is 115 Å². The number of terminal acetylenes is 1. The first-order valence-electron chi connectivity index (χ1n) is 42.7. The van der Waals surface area contributed by atoms with Crippen molar-refractivity contribution >= 4 is 68.8 Å². The van der Waals surface area contributed by atoms with E-state index in [0.717, 1.165) is 94.6 Å². The molecule has 7 aromatic carbocycles. The van der Waals surface area contributed by atoms with Crippen LogP contribution in [0.2, 0.25) is 0 Å². The minimum atomic E-state index is -0.302. The van der Waals surface area contributed by atoms with Crippen molar-refractivity contribution < 1.29 is 53.4 Å². The minimum absolute atomic E-state index is 0.0341. The molecular formula is C100H138I2N4O11. The maximum atomic E-state index is 12.4. The van der Waals surface area contributed by atoms with Gasteiger partial charge < -0.3 is 45.7 Å². The number of benzene rings is 7. The number of hydrogen-bond donors (Lipinski definition) is 5. The highest BCUT2D eigenvalue weighted by molar-refractivity contribution is 14.1. The van der Waals surface area contributed by atoms with Gasteiger partial charge in [0.2, 0.25) is 0 Å². The quantitative estimate of drug-likeness (QED) is 0.0138. The molecule has 9 rings (SSSR count). The molecule has 638 valence electrons. The summed E-state index contributed by atoms with van der Waals surface area (Å²) in [4.78, 5) is 50.2. The Kier molecular flexibility index (Phi) is 59.8. The fraction of sp³-hybridized carbons (Fsp3) is 0.480. The summed E-state index contributed by atoms with van der Waals surface area (Å²) in [6, 6.07) is 53.0. The number of phenols is 1. The van der Waals surface area contributed by atoms with Crippen LogP contribution in [0.5, 0.6) is 28.7 Å². The van der Waals surface area contributed by atoms with E-state index < -0.39 is 0 Å². The number of nitrogens with two attached hydrogens (primary N) is 2. The normalized spacial score (nSPS) is 11.3. The van der Waals surface area contributed by atoms with Gasteiger partial charge in [-0.25, -0.2) is 0 Å². The molecule has 0 atom stereocenters. The van der Waals surface area contributed by atoms with E-state index in [4.69, 9.17) is 52.2 Å². The molecule has 0 aromatic heterocycles. The van der Waals surface area contributed by atoms with Crippen LogP contribution in [0.25, 0.3) is 0 Å². The largest absolute Gasteiger partial charge is 0.508 e. The Bertz CT molecular complexity index is 3930. The summed E-state index contributed by atoms with van der Waals surface area (Å²) >= 11 is 4.46. The van der Waals surface area contributed by atoms with E-state index in [9.17, 15) is 19.2 Å². The first-order valence-corrected chi connectivity index (χ1v) is 44.9. The molecule has 0 spiro atoms. The van der Waals surface area contributed by atoms with E-state index in [2.05, 4.69) is 180 Å². The summed E-state index contributed by atoms with van der Waals surface area (Å²) in [6.07, 6.45) is 31.6. The van der Waals surface area contributed by atoms with Gasteiger partial charge in [0.05, 0.1) is 68.3 Å². The zero-order valence-electron chi connectivity index (χ0n) is 72.2. The Labute approximate surface area is 731 Å². The number of amides is 4. The van der Waals surface area contributed by atoms with Gasteiger partial charge in [-0.2, -0.15) is 0 Å². The predicted molar refractivity (Wildman–Crippen MR) is 500 cm³/mol. The van der Waals surface area contributed by atoms with Crippen LogP contribution in [0.1, 0.15) is 269 Å². The lowest BCUT2D eigenvalue weighted by Gasteiger charge is -2.16. The molecule has 0 radical (unpaired) electrons. The number of hydrogen-bond acceptors (Lipinski definition) is 13. The molecule has 2 heterocycles. The van der Waals surface area contributed by atoms with Crippen molar-refractivity contribution in [3.63, 3.8) is 0 Å². The summed E-state index contributed by atoms with van der Waals surface area (Å²) < 4.78 is 26.0. The van der Waals surface area contributed by atoms with Gasteiger partial charge in [-0.15, -0.1) is 6.42 Å². The van der Waals surface area contributed by atoms with E-state index in [1.165, 1.54) is 130 Å². The van der Waals surface area contributed by atoms with Gasteiger partial charge >= 0.3 is 0 Å². The number of ether oxygens (including phenoxy) is 4. The van der Waals surface area contributed by atoms with Gasteiger partial charge in [0.25, 0.3) is 23.6 Å². The molecule has 0 bridgehead atoms. The highest BCUT2D eigenvalue weighted by atomic mass is 127. The van der Waals surface area contributed by atoms with Crippen LogP contribution >= 0.6 is 45.2 Å². The van der Waals surface area contributed by atoms with Crippen LogP contribution in [0.15, 0.2) is 170 Å². The van der Waals surface area contributed by atoms with E-state index >= 15 is 0 Å². The number of fused-ring (bicyclic) bond motifs is 2. The van der Waals surface area contributed by atoms with Gasteiger partial charge in [0.15, 0.2) is 0 Å². The van der Waals surface area contributed by atoms with Gasteiger partial charge in [0.1, 0.15) is 28.7 Å². The fourth-order valence-corrected chi connectivity index (χ4v) is 14.2. The number of aliphatic hydroxyl groups is 2. The molecule has 7 N–H and O–H groups in total. The molecule has 0 saturated carbocycles. The third-order valence-electron chi connectivity index (χ3n) is 18.8. The maximum Gasteiger partial charge on any atom is 0.262 e. The Morgan fingerprint density at radius 2 is 0.709 bits per heavy atom. The van der Waals surface area contributed by atoms with E-state index in [0.29, 0.717) is 77.4 Å². The molecule has 0 fully saturated rings. The predicted octanol–water partition coefficient (Wildman–Crippen LogP) is 22.7. The molecule has 15 nitrogen and oxygen atoms in total. The Hall–Kier alpha value is -8.20. The first-order chi connectivity index (χ1) is 56.8. The fourth-order valence-electron chi connectivity index (χ4n) is 13.2. The van der Waals surface area contributed by atoms with Crippen molar-refractivity contribution in [2.45, 2.75) is 217 Å². The average Bonchev–Trinajstić information content (AvgIpc) is 1.65. The van der Waals surface area contributed by atoms with Gasteiger partial charge in [-0.05, 0) is 280 Å². The van der Waals surface area contributed by atoms with Crippen LogP contribution in [0.4, 0.5) is 0 Å². The lowest BCUT2D eigenvalue weighted by atomic mass is 9.99. The maximum absolute atomic E-state index is 12.4. The lowest BCUT2D eigenvalue weighted by molar-refractivity contribution is 0.0659. The zero-order chi connectivity index (χ0) is 86.2. The Morgan fingerprint density at radius 1 is 0.393 bits per heavy atom. The Balaban J connectivity index is 0.000000476. The lowest BCUT2D eigenvalue weighted by Crippen LogP contribution is -2.29. The van der Waals surface area contributed by atoms with E-state index in [1.807, 2.05) is 72.8 Å². The number of phenolic OH excluding ortho intramolecular Hbond substituents is 1. The monoisotopic (exact) mass is 1820 g/mol. The highest BCUT2D eigenvalue weighted by Crippen LogP contribution is 2.27. The topological polar surface area (TPSA) is 224 Å². The van der Waals surface area contributed by atoms with E-state index in [1.54, 1.807) is 67.6 Å². The molecule has 0 saturated heterocycles. The summed E-state index contributed by atoms with van der Waals surface area (Å²) in [5, 5.41) is 25.2. The van der Waals surface area contributed by atoms with Crippen LogP contribution < -0.4 is 30.4 Å². The molecule has 0 unspecified atom stereocenters. The summed E-state index contributed by atoms with van der Waals surface area (Å²) in [7, 11) is 0. The second-order valence-electron chi connectivity index (χ2n) is 29.0. The molecule has 117 heavy (non-hydrogen) atoms. The molecular weight excluding hydrogens is 1690 g/mol. The molecule has 17 heteroatoms. The second-order valence-corrected chi connectivity index (χ2v) is 31.5. The summed E-state index contributed by atoms with van der Waals surface area (Å²) in [5.41, 5.74) is 15.8. The second kappa shape index (κ2) is 66.7. The number of nitrogens with zero attached hydrogens (tertiary/aromatic N) is 2. The van der Waals surface area contributed by atoms with Crippen molar-refractivity contribution in [1.82, 2.24) is 9.80 Å². The van der Waals surface area contributed by atoms with Crippen molar-refractivity contribution in [3.05, 3.63) is 216 Å².